The van der Waals surface area contributed by atoms with Crippen LogP contribution in [-0.4, -0.2) is 33.6 Å². The number of H-pyrrole nitrogens is 1. The van der Waals surface area contributed by atoms with Crippen LogP contribution in [0.1, 0.15) is 22.3 Å². The first-order chi connectivity index (χ1) is 17.4. The van der Waals surface area contributed by atoms with E-state index in [1.165, 1.54) is 6.07 Å². The maximum Gasteiger partial charge on any atom is 0.307 e. The number of pyridine rings is 1. The van der Waals surface area contributed by atoms with Crippen LogP contribution in [0.2, 0.25) is 0 Å². The summed E-state index contributed by atoms with van der Waals surface area (Å²) in [6.07, 6.45) is 0.897. The molecule has 8 heteroatoms. The molecule has 0 saturated carbocycles. The van der Waals surface area contributed by atoms with E-state index in [1.807, 2.05) is 30.3 Å². The minimum absolute atomic E-state index is 0.0382. The van der Waals surface area contributed by atoms with E-state index in [0.29, 0.717) is 29.9 Å². The Hall–Kier alpha value is -4.43. The van der Waals surface area contributed by atoms with Crippen LogP contribution in [0, 0.1) is 0 Å². The number of phenolic OH excluding ortho intramolecular Hbond substituents is 1. The number of aromatic amines is 1. The molecule has 1 heterocycles. The van der Waals surface area contributed by atoms with Gasteiger partial charge in [0.05, 0.1) is 18.4 Å². The lowest BCUT2D eigenvalue weighted by Crippen LogP contribution is -2.17. The Morgan fingerprint density at radius 1 is 0.806 bits per heavy atom. The number of aliphatic carboxylic acids is 1. The molecule has 0 radical (unpaired) electrons. The second-order valence-electron chi connectivity index (χ2n) is 8.59. The summed E-state index contributed by atoms with van der Waals surface area (Å²) in [5.74, 6) is -0.974. The maximum absolute atomic E-state index is 12.4. The number of carboxylic acids is 1. The summed E-state index contributed by atoms with van der Waals surface area (Å²) in [4.78, 5) is 37.4. The number of anilines is 1. The van der Waals surface area contributed by atoms with Crippen molar-refractivity contribution in [3.63, 3.8) is 0 Å². The van der Waals surface area contributed by atoms with Crippen LogP contribution >= 0.6 is 0 Å². The van der Waals surface area contributed by atoms with Crippen LogP contribution in [0.3, 0.4) is 0 Å². The van der Waals surface area contributed by atoms with Crippen molar-refractivity contribution in [1.29, 1.82) is 0 Å². The van der Waals surface area contributed by atoms with Crippen LogP contribution < -0.4 is 16.2 Å². The Morgan fingerprint density at radius 3 is 2.17 bits per heavy atom. The Labute approximate surface area is 207 Å². The molecule has 0 spiro atoms. The third kappa shape index (κ3) is 6.58. The number of nitrogens with one attached hydrogen (secondary N) is 3. The zero-order valence-corrected chi connectivity index (χ0v) is 19.6. The smallest absolute Gasteiger partial charge is 0.307 e. The number of hydrogen-bond acceptors (Lipinski definition) is 5. The summed E-state index contributed by atoms with van der Waals surface area (Å²) in [5, 5.41) is 25.9. The van der Waals surface area contributed by atoms with Crippen molar-refractivity contribution in [2.45, 2.75) is 25.8 Å². The Kier molecular flexibility index (Phi) is 7.77. The third-order valence-electron chi connectivity index (χ3n) is 5.84. The minimum atomic E-state index is -0.885. The molecule has 0 atom stereocenters. The summed E-state index contributed by atoms with van der Waals surface area (Å²) < 4.78 is 0. The molecular formula is C28H27N3O5. The van der Waals surface area contributed by atoms with Crippen LogP contribution in [0.25, 0.3) is 10.9 Å². The molecule has 0 saturated heterocycles. The Bertz CT molecular complexity index is 1430. The van der Waals surface area contributed by atoms with Crippen LogP contribution in [0.15, 0.2) is 77.6 Å². The molecule has 36 heavy (non-hydrogen) atoms. The molecule has 4 rings (SSSR count). The Balaban J connectivity index is 1.24. The van der Waals surface area contributed by atoms with Crippen molar-refractivity contribution in [2.24, 2.45) is 0 Å². The summed E-state index contributed by atoms with van der Waals surface area (Å²) in [5.41, 5.74) is 4.52. The van der Waals surface area contributed by atoms with Crippen molar-refractivity contribution in [3.8, 4) is 5.75 Å². The number of aromatic hydroxyl groups is 1. The predicted octanol–water partition coefficient (Wildman–Crippen LogP) is 3.37. The summed E-state index contributed by atoms with van der Waals surface area (Å²) in [7, 11) is 0. The van der Waals surface area contributed by atoms with Gasteiger partial charge in [-0.25, -0.2) is 0 Å². The molecule has 0 aliphatic rings. The number of carbonyl (C=O) groups is 2. The van der Waals surface area contributed by atoms with E-state index < -0.39 is 5.97 Å². The molecule has 0 unspecified atom stereocenters. The van der Waals surface area contributed by atoms with Crippen LogP contribution in [0.5, 0.6) is 5.75 Å². The van der Waals surface area contributed by atoms with E-state index in [9.17, 15) is 19.5 Å². The van der Waals surface area contributed by atoms with Gasteiger partial charge in [0.1, 0.15) is 5.75 Å². The zero-order valence-electron chi connectivity index (χ0n) is 19.6. The highest BCUT2D eigenvalue weighted by Gasteiger charge is 2.08. The van der Waals surface area contributed by atoms with Gasteiger partial charge < -0.3 is 25.8 Å². The first-order valence-corrected chi connectivity index (χ1v) is 11.6. The normalized spacial score (nSPS) is 10.9. The number of phenols is 1. The quantitative estimate of drug-likeness (QED) is 0.219. The number of amides is 1. The standard InChI is InChI=1S/C28H27N3O5/c32-24-11-7-21(23-10-12-25(33)31-28(23)24)13-14-29-17-20-5-8-22(9-6-20)30-26(34)15-18-1-3-19(4-2-18)16-27(35)36/h1-12,29,32H,13-17H2,(H,30,34)(H,31,33)(H,35,36). The van der Waals surface area contributed by atoms with E-state index in [-0.39, 0.29) is 30.1 Å². The molecule has 0 bridgehead atoms. The molecule has 0 fully saturated rings. The SMILES string of the molecule is O=C(O)Cc1ccc(CC(=O)Nc2ccc(CNCCc3ccc(O)c4[nH]c(=O)ccc34)cc2)cc1. The molecule has 1 amide bonds. The fourth-order valence-corrected chi connectivity index (χ4v) is 4.02. The predicted molar refractivity (Wildman–Crippen MR) is 138 cm³/mol. The molecule has 4 aromatic rings. The molecule has 5 N–H and O–H groups in total. The van der Waals surface area contributed by atoms with E-state index in [0.717, 1.165) is 28.5 Å². The highest BCUT2D eigenvalue weighted by atomic mass is 16.4. The highest BCUT2D eigenvalue weighted by Crippen LogP contribution is 2.24. The molecule has 0 aliphatic carbocycles. The van der Waals surface area contributed by atoms with Gasteiger partial charge >= 0.3 is 5.97 Å². The van der Waals surface area contributed by atoms with Crippen molar-refractivity contribution in [2.75, 3.05) is 11.9 Å². The van der Waals surface area contributed by atoms with Gasteiger partial charge in [-0.1, -0.05) is 42.5 Å². The van der Waals surface area contributed by atoms with Gasteiger partial charge in [0.15, 0.2) is 0 Å². The minimum Gasteiger partial charge on any atom is -0.506 e. The van der Waals surface area contributed by atoms with E-state index in [4.69, 9.17) is 5.11 Å². The van der Waals surface area contributed by atoms with Crippen molar-refractivity contribution in [3.05, 3.63) is 105 Å². The van der Waals surface area contributed by atoms with Gasteiger partial charge in [-0.3, -0.25) is 14.4 Å². The monoisotopic (exact) mass is 485 g/mol. The molecular weight excluding hydrogens is 458 g/mol. The Morgan fingerprint density at radius 2 is 1.47 bits per heavy atom. The zero-order chi connectivity index (χ0) is 25.5. The van der Waals surface area contributed by atoms with Gasteiger partial charge in [0, 0.05) is 23.7 Å². The van der Waals surface area contributed by atoms with Gasteiger partial charge in [-0.15, -0.1) is 0 Å². The molecule has 184 valence electrons. The summed E-state index contributed by atoms with van der Waals surface area (Å²) in [6, 6.07) is 21.2. The number of hydrogen-bond donors (Lipinski definition) is 5. The number of rotatable bonds is 10. The molecule has 0 aliphatic heterocycles. The topological polar surface area (TPSA) is 132 Å². The second-order valence-corrected chi connectivity index (χ2v) is 8.59. The number of benzene rings is 3. The van der Waals surface area contributed by atoms with Gasteiger partial charge in [-0.05, 0) is 59.5 Å². The average molecular weight is 486 g/mol. The summed E-state index contributed by atoms with van der Waals surface area (Å²) in [6.45, 7) is 1.37. The molecule has 3 aromatic carbocycles. The number of aromatic nitrogens is 1. The fourth-order valence-electron chi connectivity index (χ4n) is 4.02. The van der Waals surface area contributed by atoms with Gasteiger partial charge in [0.2, 0.25) is 11.5 Å². The van der Waals surface area contributed by atoms with E-state index >= 15 is 0 Å². The van der Waals surface area contributed by atoms with Crippen LogP contribution in [0.4, 0.5) is 5.69 Å². The fraction of sp³-hybridized carbons (Fsp3) is 0.179. The van der Waals surface area contributed by atoms with E-state index in [1.54, 1.807) is 36.4 Å². The third-order valence-corrected chi connectivity index (χ3v) is 5.84. The lowest BCUT2D eigenvalue weighted by molar-refractivity contribution is -0.136. The van der Waals surface area contributed by atoms with E-state index in [2.05, 4.69) is 15.6 Å². The average Bonchev–Trinajstić information content (AvgIpc) is 2.85. The van der Waals surface area contributed by atoms with Crippen molar-refractivity contribution < 1.29 is 19.8 Å². The lowest BCUT2D eigenvalue weighted by Gasteiger charge is -2.10. The maximum atomic E-state index is 12.4. The number of carbonyl (C=O) groups excluding carboxylic acids is 1. The van der Waals surface area contributed by atoms with Crippen molar-refractivity contribution in [1.82, 2.24) is 10.3 Å². The number of fused-ring (bicyclic) bond motifs is 1. The first-order valence-electron chi connectivity index (χ1n) is 11.6. The molecule has 8 nitrogen and oxygen atoms in total. The van der Waals surface area contributed by atoms with Gasteiger partial charge in [0.25, 0.3) is 0 Å². The molecule has 1 aromatic heterocycles. The number of carboxylic acid groups (broad SMARTS) is 1. The first kappa shape index (κ1) is 24.7. The largest absolute Gasteiger partial charge is 0.506 e. The lowest BCUT2D eigenvalue weighted by atomic mass is 10.0. The van der Waals surface area contributed by atoms with Gasteiger partial charge in [-0.2, -0.15) is 0 Å². The summed E-state index contributed by atoms with van der Waals surface area (Å²) >= 11 is 0. The van der Waals surface area contributed by atoms with Crippen LogP contribution in [-0.2, 0) is 35.4 Å². The second kappa shape index (κ2) is 11.3. The van der Waals surface area contributed by atoms with Crippen molar-refractivity contribution >= 4 is 28.5 Å². The highest BCUT2D eigenvalue weighted by molar-refractivity contribution is 5.92.